The zero-order chi connectivity index (χ0) is 15.9. The number of carbonyl (C=O) groups excluding carboxylic acids is 1. The molecule has 5 nitrogen and oxygen atoms in total. The second kappa shape index (κ2) is 7.82. The van der Waals surface area contributed by atoms with Crippen LogP contribution in [-0.2, 0) is 11.3 Å². The van der Waals surface area contributed by atoms with Gasteiger partial charge in [0.05, 0.1) is 0 Å². The van der Waals surface area contributed by atoms with Gasteiger partial charge in [-0.2, -0.15) is 0 Å². The number of nitrogens with one attached hydrogen (secondary N) is 2. The lowest BCUT2D eigenvalue weighted by Gasteiger charge is -2.22. The van der Waals surface area contributed by atoms with Gasteiger partial charge in [-0.3, -0.25) is 4.79 Å². The van der Waals surface area contributed by atoms with E-state index in [2.05, 4.69) is 46.8 Å². The molecule has 0 heterocycles. The maximum atomic E-state index is 11.8. The first kappa shape index (κ1) is 16.3. The minimum absolute atomic E-state index is 0.00152. The first-order valence-electron chi connectivity index (χ1n) is 7.93. The first-order valence-corrected chi connectivity index (χ1v) is 7.93. The third-order valence-electron chi connectivity index (χ3n) is 3.55. The highest BCUT2D eigenvalue weighted by Gasteiger charge is 2.22. The van der Waals surface area contributed by atoms with Crippen molar-refractivity contribution in [2.45, 2.75) is 39.3 Å². The van der Waals surface area contributed by atoms with E-state index in [1.165, 1.54) is 11.1 Å². The number of hydrogen-bond acceptors (Lipinski definition) is 2. The molecule has 0 unspecified atom stereocenters. The summed E-state index contributed by atoms with van der Waals surface area (Å²) in [6.07, 6.45) is 2.20. The largest absolute Gasteiger partial charge is 0.357 e. The number of carbonyl (C=O) groups is 1. The van der Waals surface area contributed by atoms with Gasteiger partial charge < -0.3 is 15.5 Å². The molecule has 1 aromatic rings. The molecule has 0 aliphatic heterocycles. The minimum atomic E-state index is 0.00152. The molecule has 0 atom stereocenters. The number of hydrogen-bond donors (Lipinski definition) is 2. The summed E-state index contributed by atoms with van der Waals surface area (Å²) >= 11 is 0. The van der Waals surface area contributed by atoms with E-state index in [1.807, 2.05) is 18.9 Å². The standard InChI is InChI=1S/C17H26N4O/c1-4-18-17(19-11-16(22)20-15-9-10-15)21(3)12-14-7-5-13(2)6-8-14/h5-8,15H,4,9-12H2,1-3H3,(H,18,19)(H,20,22). The zero-order valence-corrected chi connectivity index (χ0v) is 13.7. The van der Waals surface area contributed by atoms with Crippen LogP contribution in [0.2, 0.25) is 0 Å². The highest BCUT2D eigenvalue weighted by molar-refractivity contribution is 5.85. The molecule has 1 aromatic carbocycles. The van der Waals surface area contributed by atoms with Gasteiger partial charge in [-0.15, -0.1) is 0 Å². The molecule has 1 fully saturated rings. The molecule has 1 aliphatic carbocycles. The zero-order valence-electron chi connectivity index (χ0n) is 13.7. The lowest BCUT2D eigenvalue weighted by Crippen LogP contribution is -2.39. The van der Waals surface area contributed by atoms with Crippen LogP contribution >= 0.6 is 0 Å². The van der Waals surface area contributed by atoms with E-state index in [-0.39, 0.29) is 12.5 Å². The van der Waals surface area contributed by atoms with Gasteiger partial charge in [0, 0.05) is 26.2 Å². The van der Waals surface area contributed by atoms with Gasteiger partial charge in [-0.1, -0.05) is 29.8 Å². The van der Waals surface area contributed by atoms with Gasteiger partial charge >= 0.3 is 0 Å². The SMILES string of the molecule is CCNC(=NCC(=O)NC1CC1)N(C)Cc1ccc(C)cc1. The molecule has 0 aromatic heterocycles. The van der Waals surface area contributed by atoms with Crippen molar-refractivity contribution in [1.82, 2.24) is 15.5 Å². The van der Waals surface area contributed by atoms with Crippen molar-refractivity contribution >= 4 is 11.9 Å². The Labute approximate surface area is 132 Å². The Morgan fingerprint density at radius 3 is 2.59 bits per heavy atom. The van der Waals surface area contributed by atoms with Crippen molar-refractivity contribution in [3.8, 4) is 0 Å². The van der Waals surface area contributed by atoms with Crippen LogP contribution in [-0.4, -0.2) is 42.9 Å². The number of benzene rings is 1. The third kappa shape index (κ3) is 5.39. The van der Waals surface area contributed by atoms with Crippen LogP contribution < -0.4 is 10.6 Å². The first-order chi connectivity index (χ1) is 10.6. The summed E-state index contributed by atoms with van der Waals surface area (Å²) in [5.74, 6) is 0.760. The van der Waals surface area contributed by atoms with E-state index in [4.69, 9.17) is 0 Å². The summed E-state index contributed by atoms with van der Waals surface area (Å²) < 4.78 is 0. The van der Waals surface area contributed by atoms with E-state index in [0.717, 1.165) is 31.9 Å². The normalized spacial score (nSPS) is 14.6. The van der Waals surface area contributed by atoms with Crippen molar-refractivity contribution < 1.29 is 4.79 Å². The van der Waals surface area contributed by atoms with Crippen molar-refractivity contribution in [2.24, 2.45) is 4.99 Å². The molecule has 120 valence electrons. The van der Waals surface area contributed by atoms with Crippen molar-refractivity contribution in [2.75, 3.05) is 20.1 Å². The molecule has 0 saturated heterocycles. The molecule has 5 heteroatoms. The Morgan fingerprint density at radius 1 is 1.32 bits per heavy atom. The lowest BCUT2D eigenvalue weighted by atomic mass is 10.1. The Kier molecular flexibility index (Phi) is 5.81. The molecule has 0 bridgehead atoms. The van der Waals surface area contributed by atoms with E-state index < -0.39 is 0 Å². The van der Waals surface area contributed by atoms with Gasteiger partial charge in [-0.25, -0.2) is 4.99 Å². The van der Waals surface area contributed by atoms with Crippen LogP contribution in [0.25, 0.3) is 0 Å². The summed E-state index contributed by atoms with van der Waals surface area (Å²) in [5, 5.41) is 6.19. The summed E-state index contributed by atoms with van der Waals surface area (Å²) in [6.45, 7) is 5.83. The quantitative estimate of drug-likeness (QED) is 0.621. The van der Waals surface area contributed by atoms with Gasteiger partial charge in [0.1, 0.15) is 6.54 Å². The summed E-state index contributed by atoms with van der Waals surface area (Å²) in [7, 11) is 1.99. The maximum absolute atomic E-state index is 11.8. The molecule has 2 rings (SSSR count). The fourth-order valence-electron chi connectivity index (χ4n) is 2.16. The highest BCUT2D eigenvalue weighted by Crippen LogP contribution is 2.18. The number of nitrogens with zero attached hydrogens (tertiary/aromatic N) is 2. The predicted molar refractivity (Wildman–Crippen MR) is 89.8 cm³/mol. The molecule has 1 aliphatic rings. The van der Waals surface area contributed by atoms with E-state index >= 15 is 0 Å². The van der Waals surface area contributed by atoms with E-state index in [9.17, 15) is 4.79 Å². The van der Waals surface area contributed by atoms with Crippen LogP contribution in [0.1, 0.15) is 30.9 Å². The Morgan fingerprint density at radius 2 is 2.00 bits per heavy atom. The average Bonchev–Trinajstić information content (AvgIpc) is 3.29. The number of aryl methyl sites for hydroxylation is 1. The van der Waals surface area contributed by atoms with Gasteiger partial charge in [0.2, 0.25) is 5.91 Å². The predicted octanol–water partition coefficient (Wildman–Crippen LogP) is 1.67. The lowest BCUT2D eigenvalue weighted by molar-refractivity contribution is -0.119. The van der Waals surface area contributed by atoms with Crippen molar-refractivity contribution in [3.05, 3.63) is 35.4 Å². The highest BCUT2D eigenvalue weighted by atomic mass is 16.2. The maximum Gasteiger partial charge on any atom is 0.242 e. The van der Waals surface area contributed by atoms with Gasteiger partial charge in [0.25, 0.3) is 0 Å². The summed E-state index contributed by atoms with van der Waals surface area (Å²) in [5.41, 5.74) is 2.48. The fraction of sp³-hybridized carbons (Fsp3) is 0.529. The summed E-state index contributed by atoms with van der Waals surface area (Å²) in [4.78, 5) is 18.2. The smallest absolute Gasteiger partial charge is 0.242 e. The minimum Gasteiger partial charge on any atom is -0.357 e. The molecule has 2 N–H and O–H groups in total. The van der Waals surface area contributed by atoms with Crippen LogP contribution in [0.3, 0.4) is 0 Å². The number of amides is 1. The van der Waals surface area contributed by atoms with Crippen LogP contribution in [0.4, 0.5) is 0 Å². The monoisotopic (exact) mass is 302 g/mol. The third-order valence-corrected chi connectivity index (χ3v) is 3.55. The number of guanidine groups is 1. The molecular formula is C17H26N4O. The molecule has 0 radical (unpaired) electrons. The van der Waals surface area contributed by atoms with Crippen molar-refractivity contribution in [3.63, 3.8) is 0 Å². The Balaban J connectivity index is 1.92. The van der Waals surface area contributed by atoms with Crippen LogP contribution in [0.5, 0.6) is 0 Å². The van der Waals surface area contributed by atoms with Crippen LogP contribution in [0.15, 0.2) is 29.3 Å². The second-order valence-electron chi connectivity index (χ2n) is 5.85. The van der Waals surface area contributed by atoms with E-state index in [0.29, 0.717) is 6.04 Å². The van der Waals surface area contributed by atoms with Crippen molar-refractivity contribution in [1.29, 1.82) is 0 Å². The molecule has 0 spiro atoms. The van der Waals surface area contributed by atoms with Gasteiger partial charge in [-0.05, 0) is 32.3 Å². The topological polar surface area (TPSA) is 56.7 Å². The molecule has 22 heavy (non-hydrogen) atoms. The Hall–Kier alpha value is -2.04. The fourth-order valence-corrected chi connectivity index (χ4v) is 2.16. The summed E-state index contributed by atoms with van der Waals surface area (Å²) in [6, 6.07) is 8.84. The molecular weight excluding hydrogens is 276 g/mol. The second-order valence-corrected chi connectivity index (χ2v) is 5.85. The number of aliphatic imine (C=N–C) groups is 1. The Bertz CT molecular complexity index is 520. The van der Waals surface area contributed by atoms with E-state index in [1.54, 1.807) is 0 Å². The van der Waals surface area contributed by atoms with Crippen LogP contribution in [0, 0.1) is 6.92 Å². The molecule has 1 saturated carbocycles. The number of rotatable bonds is 6. The average molecular weight is 302 g/mol. The molecule has 1 amide bonds. The van der Waals surface area contributed by atoms with Gasteiger partial charge in [0.15, 0.2) is 5.96 Å².